The summed E-state index contributed by atoms with van der Waals surface area (Å²) in [5.41, 5.74) is 6.64. The normalized spacial score (nSPS) is 15.6. The number of hydrogen-bond donors (Lipinski definition) is 2. The van der Waals surface area contributed by atoms with Crippen LogP contribution in [-0.2, 0) is 12.7 Å². The van der Waals surface area contributed by atoms with Crippen LogP contribution in [-0.4, -0.2) is 41.5 Å². The molecular formula is C23H25F3N4O3. The van der Waals surface area contributed by atoms with Crippen molar-refractivity contribution >= 4 is 23.0 Å². The number of anilines is 1. The number of fused-ring (bicyclic) bond motifs is 1. The average molecular weight is 462 g/mol. The lowest BCUT2D eigenvalue weighted by atomic mass is 10.0. The number of nitrogens with zero attached hydrogens (tertiary/aromatic N) is 2. The zero-order valence-electron chi connectivity index (χ0n) is 18.1. The fraction of sp³-hybridized carbons (Fsp3) is 0.391. The maximum absolute atomic E-state index is 13.2. The molecule has 176 valence electrons. The van der Waals surface area contributed by atoms with Crippen LogP contribution in [0.1, 0.15) is 41.3 Å². The van der Waals surface area contributed by atoms with Gasteiger partial charge in [-0.25, -0.2) is 0 Å². The predicted molar refractivity (Wildman–Crippen MR) is 117 cm³/mol. The molecule has 0 saturated carbocycles. The number of amides is 1. The lowest BCUT2D eigenvalue weighted by Gasteiger charge is -2.32. The Bertz CT molecular complexity index is 1140. The van der Waals surface area contributed by atoms with Gasteiger partial charge in [0.15, 0.2) is 5.58 Å². The molecular weight excluding hydrogens is 437 g/mol. The number of hydrogen-bond acceptors (Lipinski definition) is 6. The second-order valence-corrected chi connectivity index (χ2v) is 7.99. The van der Waals surface area contributed by atoms with Gasteiger partial charge in [0.05, 0.1) is 17.7 Å². The lowest BCUT2D eigenvalue weighted by Crippen LogP contribution is -2.38. The first-order chi connectivity index (χ1) is 15.7. The van der Waals surface area contributed by atoms with Gasteiger partial charge in [0.2, 0.25) is 0 Å². The van der Waals surface area contributed by atoms with Crippen molar-refractivity contribution in [3.05, 3.63) is 53.1 Å². The number of likely N-dealkylation sites (tertiary alicyclic amines) is 1. The third-order valence-electron chi connectivity index (χ3n) is 5.66. The van der Waals surface area contributed by atoms with Crippen molar-refractivity contribution in [1.29, 1.82) is 0 Å². The molecule has 0 atom stereocenters. The van der Waals surface area contributed by atoms with Gasteiger partial charge in [-0.1, -0.05) is 12.1 Å². The van der Waals surface area contributed by atoms with Crippen molar-refractivity contribution in [1.82, 2.24) is 9.88 Å². The highest BCUT2D eigenvalue weighted by Gasteiger charge is 2.34. The number of benzene rings is 2. The van der Waals surface area contributed by atoms with Gasteiger partial charge in [0.1, 0.15) is 11.3 Å². The average Bonchev–Trinajstić information content (AvgIpc) is 3.17. The van der Waals surface area contributed by atoms with E-state index in [4.69, 9.17) is 14.9 Å². The van der Waals surface area contributed by atoms with Gasteiger partial charge in [-0.15, -0.1) is 0 Å². The van der Waals surface area contributed by atoms with E-state index in [0.717, 1.165) is 37.6 Å². The second kappa shape index (κ2) is 9.30. The van der Waals surface area contributed by atoms with Gasteiger partial charge >= 0.3 is 6.18 Å². The summed E-state index contributed by atoms with van der Waals surface area (Å²) in [6, 6.07) is 9.54. The number of nitrogens with one attached hydrogen (secondary N) is 1. The molecule has 1 fully saturated rings. The third kappa shape index (κ3) is 5.22. The Hall–Kier alpha value is -3.27. The number of alkyl halides is 3. The standard InChI is InChI=1S/C23H25F3N4O3/c1-2-32-19-12-14(6-7-17(19)23(24,25)26)13-30-10-8-15(9-11-30)28-22-29-20-16(21(27)31)4-3-5-18(20)33-22/h3-7,12,15H,2,8-11,13H2,1H3,(H2,27,31)(H,28,29). The number of rotatable bonds is 7. The molecule has 1 aliphatic rings. The quantitative estimate of drug-likeness (QED) is 0.540. The molecule has 1 aromatic heterocycles. The number of ether oxygens (including phenoxy) is 1. The third-order valence-corrected chi connectivity index (χ3v) is 5.66. The van der Waals surface area contributed by atoms with Crippen LogP contribution in [0.25, 0.3) is 11.1 Å². The first kappa shape index (κ1) is 22.9. The summed E-state index contributed by atoms with van der Waals surface area (Å²) in [6.45, 7) is 3.89. The highest BCUT2D eigenvalue weighted by molar-refractivity contribution is 6.03. The molecule has 10 heteroatoms. The number of nitrogens with two attached hydrogens (primary N) is 1. The van der Waals surface area contributed by atoms with Gasteiger partial charge in [-0.05, 0) is 49.6 Å². The van der Waals surface area contributed by atoms with Gasteiger partial charge in [0, 0.05) is 25.7 Å². The van der Waals surface area contributed by atoms with E-state index in [1.54, 1.807) is 25.1 Å². The molecule has 0 bridgehead atoms. The number of primary amides is 1. The summed E-state index contributed by atoms with van der Waals surface area (Å²) in [7, 11) is 0. The zero-order valence-corrected chi connectivity index (χ0v) is 18.1. The van der Waals surface area contributed by atoms with Crippen LogP contribution in [0, 0.1) is 0 Å². The van der Waals surface area contributed by atoms with E-state index in [1.165, 1.54) is 12.1 Å². The summed E-state index contributed by atoms with van der Waals surface area (Å²) in [5, 5.41) is 3.27. The fourth-order valence-corrected chi connectivity index (χ4v) is 4.05. The van der Waals surface area contributed by atoms with Crippen LogP contribution in [0.4, 0.5) is 19.2 Å². The van der Waals surface area contributed by atoms with Crippen molar-refractivity contribution < 1.29 is 27.1 Å². The molecule has 2 heterocycles. The Balaban J connectivity index is 1.37. The minimum atomic E-state index is -4.45. The van der Waals surface area contributed by atoms with Crippen molar-refractivity contribution in [2.45, 2.75) is 38.5 Å². The molecule has 0 spiro atoms. The minimum absolute atomic E-state index is 0.123. The number of para-hydroxylation sites is 1. The van der Waals surface area contributed by atoms with Gasteiger partial charge in [-0.2, -0.15) is 18.2 Å². The van der Waals surface area contributed by atoms with Crippen LogP contribution in [0.2, 0.25) is 0 Å². The van der Waals surface area contributed by atoms with E-state index >= 15 is 0 Å². The molecule has 7 nitrogen and oxygen atoms in total. The van der Waals surface area contributed by atoms with E-state index in [2.05, 4.69) is 15.2 Å². The van der Waals surface area contributed by atoms with E-state index < -0.39 is 17.6 Å². The topological polar surface area (TPSA) is 93.6 Å². The molecule has 0 aliphatic carbocycles. The first-order valence-electron chi connectivity index (χ1n) is 10.8. The molecule has 0 radical (unpaired) electrons. The van der Waals surface area contributed by atoms with Crippen LogP contribution in [0.3, 0.4) is 0 Å². The van der Waals surface area contributed by atoms with Crippen molar-refractivity contribution in [2.24, 2.45) is 5.73 Å². The maximum atomic E-state index is 13.2. The summed E-state index contributed by atoms with van der Waals surface area (Å²) in [5.74, 6) is -0.699. The molecule has 1 aliphatic heterocycles. The monoisotopic (exact) mass is 462 g/mol. The molecule has 3 N–H and O–H groups in total. The van der Waals surface area contributed by atoms with Crippen molar-refractivity contribution in [3.63, 3.8) is 0 Å². The van der Waals surface area contributed by atoms with Crippen LogP contribution >= 0.6 is 0 Å². The zero-order chi connectivity index (χ0) is 23.6. The fourth-order valence-electron chi connectivity index (χ4n) is 4.05. The summed E-state index contributed by atoms with van der Waals surface area (Å²) in [4.78, 5) is 18.1. The summed E-state index contributed by atoms with van der Waals surface area (Å²) >= 11 is 0. The summed E-state index contributed by atoms with van der Waals surface area (Å²) < 4.78 is 50.5. The number of piperidine rings is 1. The van der Waals surface area contributed by atoms with Crippen LogP contribution < -0.4 is 15.8 Å². The highest BCUT2D eigenvalue weighted by atomic mass is 19.4. The molecule has 33 heavy (non-hydrogen) atoms. The van der Waals surface area contributed by atoms with Crippen LogP contribution in [0.15, 0.2) is 40.8 Å². The van der Waals surface area contributed by atoms with Crippen LogP contribution in [0.5, 0.6) is 5.75 Å². The molecule has 4 rings (SSSR count). The Morgan fingerprint density at radius 2 is 2.03 bits per heavy atom. The summed E-state index contributed by atoms with van der Waals surface area (Å²) in [6.07, 6.45) is -2.84. The largest absolute Gasteiger partial charge is 0.493 e. The molecule has 1 amide bonds. The Labute approximate surface area is 188 Å². The van der Waals surface area contributed by atoms with Gasteiger partial charge in [-0.3, -0.25) is 9.69 Å². The van der Waals surface area contributed by atoms with Crippen molar-refractivity contribution in [3.8, 4) is 5.75 Å². The Kier molecular flexibility index (Phi) is 6.46. The number of halogens is 3. The number of carbonyl (C=O) groups is 1. The second-order valence-electron chi connectivity index (χ2n) is 7.99. The Morgan fingerprint density at radius 1 is 1.27 bits per heavy atom. The van der Waals surface area contributed by atoms with E-state index in [9.17, 15) is 18.0 Å². The van der Waals surface area contributed by atoms with E-state index in [-0.39, 0.29) is 18.4 Å². The minimum Gasteiger partial charge on any atom is -0.493 e. The van der Waals surface area contributed by atoms with E-state index in [0.29, 0.717) is 29.2 Å². The van der Waals surface area contributed by atoms with Gasteiger partial charge in [0.25, 0.3) is 11.9 Å². The van der Waals surface area contributed by atoms with Gasteiger partial charge < -0.3 is 20.2 Å². The highest BCUT2D eigenvalue weighted by Crippen LogP contribution is 2.37. The first-order valence-corrected chi connectivity index (χ1v) is 10.8. The number of carbonyl (C=O) groups excluding carboxylic acids is 1. The molecule has 3 aromatic rings. The SMILES string of the molecule is CCOc1cc(CN2CCC(Nc3nc4c(C(N)=O)cccc4o3)CC2)ccc1C(F)(F)F. The number of aromatic nitrogens is 1. The predicted octanol–water partition coefficient (Wildman–Crippen LogP) is 4.42. The molecule has 2 aromatic carbocycles. The lowest BCUT2D eigenvalue weighted by molar-refractivity contribution is -0.138. The van der Waals surface area contributed by atoms with E-state index in [1.807, 2.05) is 0 Å². The maximum Gasteiger partial charge on any atom is 0.419 e. The molecule has 0 unspecified atom stereocenters. The molecule has 1 saturated heterocycles. The smallest absolute Gasteiger partial charge is 0.419 e. The Morgan fingerprint density at radius 3 is 2.70 bits per heavy atom. The van der Waals surface area contributed by atoms with Crippen molar-refractivity contribution in [2.75, 3.05) is 25.0 Å². The number of oxazole rings is 1.